The number of non-ortho nitro benzene ring substituents is 1. The third kappa shape index (κ3) is 4.30. The van der Waals surface area contributed by atoms with E-state index in [0.29, 0.717) is 31.7 Å². The summed E-state index contributed by atoms with van der Waals surface area (Å²) < 4.78 is 0. The number of aromatic hydroxyl groups is 3. The largest absolute Gasteiger partial charge is 0.508 e. The lowest BCUT2D eigenvalue weighted by molar-refractivity contribution is -0.385. The van der Waals surface area contributed by atoms with Crippen LogP contribution in [-0.4, -0.2) is 43.1 Å². The molecule has 1 aliphatic heterocycles. The van der Waals surface area contributed by atoms with Gasteiger partial charge in [-0.05, 0) is 18.2 Å². The number of hydrogen-bond donors (Lipinski definition) is 3. The van der Waals surface area contributed by atoms with Gasteiger partial charge in [0.05, 0.1) is 11.1 Å². The first-order valence-electron chi connectivity index (χ1n) is 9.93. The molecule has 0 radical (unpaired) electrons. The van der Waals surface area contributed by atoms with Crippen LogP contribution in [0.1, 0.15) is 22.9 Å². The Balaban J connectivity index is 1.72. The molecule has 1 heterocycles. The molecule has 0 saturated carbocycles. The molecule has 0 unspecified atom stereocenters. The van der Waals surface area contributed by atoms with Gasteiger partial charge >= 0.3 is 0 Å². The Kier molecular flexibility index (Phi) is 5.75. The van der Waals surface area contributed by atoms with E-state index in [1.807, 2.05) is 34.1 Å². The van der Waals surface area contributed by atoms with E-state index >= 15 is 0 Å². The molecule has 1 aliphatic rings. The number of para-hydroxylation sites is 2. The molecule has 0 aromatic heterocycles. The van der Waals surface area contributed by atoms with Crippen molar-refractivity contribution in [2.45, 2.75) is 19.3 Å². The topological polar surface area (TPSA) is 110 Å². The highest BCUT2D eigenvalue weighted by Crippen LogP contribution is 2.39. The molecule has 31 heavy (non-hydrogen) atoms. The summed E-state index contributed by atoms with van der Waals surface area (Å²) in [7, 11) is 0. The zero-order valence-corrected chi connectivity index (χ0v) is 16.8. The second-order valence-electron chi connectivity index (χ2n) is 7.57. The van der Waals surface area contributed by atoms with Crippen LogP contribution in [0.4, 0.5) is 5.69 Å². The number of hydrogen-bond acceptors (Lipinski definition) is 7. The van der Waals surface area contributed by atoms with Crippen molar-refractivity contribution in [2.75, 3.05) is 13.1 Å². The molecule has 0 amide bonds. The minimum atomic E-state index is -0.487. The monoisotopic (exact) mass is 421 g/mol. The van der Waals surface area contributed by atoms with Crippen LogP contribution in [0.15, 0.2) is 66.7 Å². The number of rotatable bonds is 6. The number of phenolic OH excluding ortho intramolecular Hbond substituents is 3. The lowest BCUT2D eigenvalue weighted by Crippen LogP contribution is -2.30. The first-order chi connectivity index (χ1) is 14.9. The van der Waals surface area contributed by atoms with Crippen molar-refractivity contribution >= 4 is 5.69 Å². The maximum atomic E-state index is 11.3. The average Bonchev–Trinajstić information content (AvgIpc) is 3.13. The maximum Gasteiger partial charge on any atom is 0.270 e. The summed E-state index contributed by atoms with van der Waals surface area (Å²) in [6.45, 7) is 2.04. The number of nitro benzene ring substituents is 1. The SMILES string of the molecule is O=[N+]([O-])c1ccc(O)c(C2N(Cc3ccccc3O)CCN2Cc2ccccc2O)c1. The van der Waals surface area contributed by atoms with E-state index in [1.54, 1.807) is 24.3 Å². The molecule has 3 aromatic carbocycles. The number of phenols is 3. The number of nitrogens with zero attached hydrogens (tertiary/aromatic N) is 3. The van der Waals surface area contributed by atoms with E-state index < -0.39 is 11.1 Å². The normalized spacial score (nSPS) is 15.4. The van der Waals surface area contributed by atoms with E-state index in [0.717, 1.165) is 11.1 Å². The minimum Gasteiger partial charge on any atom is -0.508 e. The molecule has 1 saturated heterocycles. The molecule has 0 aliphatic carbocycles. The second kappa shape index (κ2) is 8.63. The number of benzene rings is 3. The van der Waals surface area contributed by atoms with Crippen LogP contribution in [0, 0.1) is 10.1 Å². The van der Waals surface area contributed by atoms with Crippen molar-refractivity contribution in [3.8, 4) is 17.2 Å². The van der Waals surface area contributed by atoms with Crippen molar-refractivity contribution in [1.82, 2.24) is 9.80 Å². The molecule has 0 bridgehead atoms. The fourth-order valence-corrected chi connectivity index (χ4v) is 4.05. The fourth-order valence-electron chi connectivity index (χ4n) is 4.05. The van der Waals surface area contributed by atoms with Crippen molar-refractivity contribution in [3.05, 3.63) is 93.5 Å². The molecule has 3 N–H and O–H groups in total. The van der Waals surface area contributed by atoms with Gasteiger partial charge in [0.1, 0.15) is 17.2 Å². The quantitative estimate of drug-likeness (QED) is 0.411. The summed E-state index contributed by atoms with van der Waals surface area (Å²) in [5.74, 6) is 0.300. The lowest BCUT2D eigenvalue weighted by Gasteiger charge is -2.31. The van der Waals surface area contributed by atoms with Crippen molar-refractivity contribution in [2.24, 2.45) is 0 Å². The summed E-state index contributed by atoms with van der Waals surface area (Å²) in [4.78, 5) is 15.0. The van der Waals surface area contributed by atoms with E-state index in [9.17, 15) is 25.4 Å². The van der Waals surface area contributed by atoms with Gasteiger partial charge in [0.15, 0.2) is 0 Å². The Bertz CT molecular complexity index is 1050. The van der Waals surface area contributed by atoms with Gasteiger partial charge in [-0.2, -0.15) is 0 Å². The van der Waals surface area contributed by atoms with Crippen LogP contribution in [0.3, 0.4) is 0 Å². The minimum absolute atomic E-state index is 0.0398. The first-order valence-corrected chi connectivity index (χ1v) is 9.93. The highest BCUT2D eigenvalue weighted by Gasteiger charge is 2.36. The molecule has 0 atom stereocenters. The summed E-state index contributed by atoms with van der Waals surface area (Å²) in [6, 6.07) is 18.0. The van der Waals surface area contributed by atoms with E-state index in [-0.39, 0.29) is 22.9 Å². The summed E-state index contributed by atoms with van der Waals surface area (Å²) >= 11 is 0. The molecule has 1 fully saturated rings. The Hall–Kier alpha value is -3.62. The van der Waals surface area contributed by atoms with Crippen LogP contribution in [0.5, 0.6) is 17.2 Å². The highest BCUT2D eigenvalue weighted by molar-refractivity contribution is 5.45. The summed E-state index contributed by atoms with van der Waals surface area (Å²) in [5, 5.41) is 42.4. The van der Waals surface area contributed by atoms with Crippen LogP contribution in [0.2, 0.25) is 0 Å². The zero-order valence-electron chi connectivity index (χ0n) is 16.8. The Morgan fingerprint density at radius 2 is 1.32 bits per heavy atom. The van der Waals surface area contributed by atoms with Gasteiger partial charge in [0, 0.05) is 55.0 Å². The Morgan fingerprint density at radius 1 is 0.806 bits per heavy atom. The summed E-state index contributed by atoms with van der Waals surface area (Å²) in [5.41, 5.74) is 1.76. The second-order valence-corrected chi connectivity index (χ2v) is 7.57. The molecule has 0 spiro atoms. The third-order valence-corrected chi connectivity index (χ3v) is 5.60. The van der Waals surface area contributed by atoms with Gasteiger partial charge in [-0.1, -0.05) is 36.4 Å². The molecule has 160 valence electrons. The Labute approximate surface area is 179 Å². The van der Waals surface area contributed by atoms with E-state index in [4.69, 9.17) is 0 Å². The van der Waals surface area contributed by atoms with E-state index in [2.05, 4.69) is 0 Å². The van der Waals surface area contributed by atoms with E-state index in [1.165, 1.54) is 18.2 Å². The van der Waals surface area contributed by atoms with Crippen LogP contribution in [0.25, 0.3) is 0 Å². The molecular formula is C23H23N3O5. The standard InChI is InChI=1S/C23H23N3O5/c27-20-7-3-1-5-16(20)14-24-11-12-25(15-17-6-2-4-8-21(17)28)23(24)19-13-18(26(30)31)9-10-22(19)29/h1-10,13,23,27-29H,11-12,14-15H2. The first kappa shape index (κ1) is 20.6. The van der Waals surface area contributed by atoms with Gasteiger partial charge < -0.3 is 15.3 Å². The van der Waals surface area contributed by atoms with Crippen LogP contribution in [-0.2, 0) is 13.1 Å². The summed E-state index contributed by atoms with van der Waals surface area (Å²) in [6.07, 6.45) is -0.473. The molecule has 3 aromatic rings. The fraction of sp³-hybridized carbons (Fsp3) is 0.217. The average molecular weight is 421 g/mol. The molecule has 4 rings (SSSR count). The predicted molar refractivity (Wildman–Crippen MR) is 115 cm³/mol. The molecular weight excluding hydrogens is 398 g/mol. The number of nitro groups is 1. The lowest BCUT2D eigenvalue weighted by atomic mass is 10.1. The molecule has 8 nitrogen and oxygen atoms in total. The molecule has 8 heteroatoms. The van der Waals surface area contributed by atoms with Crippen LogP contribution < -0.4 is 0 Å². The zero-order chi connectivity index (χ0) is 22.0. The maximum absolute atomic E-state index is 11.3. The third-order valence-electron chi connectivity index (χ3n) is 5.60. The van der Waals surface area contributed by atoms with Gasteiger partial charge in [-0.3, -0.25) is 19.9 Å². The Morgan fingerprint density at radius 3 is 1.81 bits per heavy atom. The van der Waals surface area contributed by atoms with Gasteiger partial charge in [0.25, 0.3) is 5.69 Å². The van der Waals surface area contributed by atoms with Gasteiger partial charge in [-0.15, -0.1) is 0 Å². The highest BCUT2D eigenvalue weighted by atomic mass is 16.6. The van der Waals surface area contributed by atoms with Gasteiger partial charge in [0.2, 0.25) is 0 Å². The smallest absolute Gasteiger partial charge is 0.270 e. The van der Waals surface area contributed by atoms with Crippen molar-refractivity contribution < 1.29 is 20.2 Å². The van der Waals surface area contributed by atoms with Crippen molar-refractivity contribution in [3.63, 3.8) is 0 Å². The van der Waals surface area contributed by atoms with Crippen molar-refractivity contribution in [1.29, 1.82) is 0 Å². The van der Waals surface area contributed by atoms with Crippen LogP contribution >= 0.6 is 0 Å². The van der Waals surface area contributed by atoms with Gasteiger partial charge in [-0.25, -0.2) is 0 Å². The predicted octanol–water partition coefficient (Wildman–Crippen LogP) is 3.73.